The van der Waals surface area contributed by atoms with E-state index in [1.54, 1.807) is 20.0 Å². The van der Waals surface area contributed by atoms with Crippen LogP contribution in [0.3, 0.4) is 0 Å². The summed E-state index contributed by atoms with van der Waals surface area (Å²) in [6.45, 7) is 7.68. The van der Waals surface area contributed by atoms with Crippen LogP contribution in [0.2, 0.25) is 0 Å². The van der Waals surface area contributed by atoms with Gasteiger partial charge in [0, 0.05) is 30.7 Å². The van der Waals surface area contributed by atoms with Crippen molar-refractivity contribution in [3.63, 3.8) is 0 Å². The fraction of sp³-hybridized carbons (Fsp3) is 0.565. The first kappa shape index (κ1) is 24.3. The Morgan fingerprint density at radius 3 is 2.68 bits per heavy atom. The molecule has 3 atom stereocenters. The molecule has 182 valence electrons. The van der Waals surface area contributed by atoms with E-state index in [4.69, 9.17) is 0 Å². The quantitative estimate of drug-likeness (QED) is 0.590. The van der Waals surface area contributed by atoms with E-state index in [9.17, 15) is 23.6 Å². The average molecular weight is 487 g/mol. The van der Waals surface area contributed by atoms with Gasteiger partial charge in [0.05, 0.1) is 16.9 Å². The van der Waals surface area contributed by atoms with Gasteiger partial charge in [-0.3, -0.25) is 9.36 Å². The number of pyridine rings is 1. The molecule has 1 saturated heterocycles. The number of fused-ring (bicyclic) bond motifs is 1. The number of anilines is 1. The highest BCUT2D eigenvalue weighted by molar-refractivity contribution is 7.89. The minimum absolute atomic E-state index is 0.0122. The molecule has 1 aliphatic carbocycles. The van der Waals surface area contributed by atoms with Gasteiger partial charge < -0.3 is 10.4 Å². The molecule has 1 aliphatic heterocycles. The topological polar surface area (TPSA) is 141 Å². The standard InChI is InChI=1S/C23H30N6O4S/c1-4-15(2)34(32,33)28-10-7-18(8-11-28)26-22-25-14-17-12-16(13-24)21(30)29(20(17)27-22)19-6-5-9-23(19,3)31/h4,12,14-15,18-19,31H,1,5-11H2,2-3H3,(H,25,26,27)/t15?,19-,23-/m1/s1. The smallest absolute Gasteiger partial charge is 0.270 e. The third-order valence-electron chi connectivity index (χ3n) is 7.03. The van der Waals surface area contributed by atoms with Gasteiger partial charge in [-0.25, -0.2) is 17.7 Å². The number of sulfonamides is 1. The summed E-state index contributed by atoms with van der Waals surface area (Å²) in [5, 5.41) is 23.5. The fourth-order valence-corrected chi connectivity index (χ4v) is 6.32. The highest BCUT2D eigenvalue weighted by Gasteiger charge is 2.40. The van der Waals surface area contributed by atoms with Gasteiger partial charge >= 0.3 is 0 Å². The molecule has 2 N–H and O–H groups in total. The number of hydrogen-bond acceptors (Lipinski definition) is 8. The Balaban J connectivity index is 1.61. The summed E-state index contributed by atoms with van der Waals surface area (Å²) < 4.78 is 28.1. The van der Waals surface area contributed by atoms with E-state index in [-0.39, 0.29) is 11.6 Å². The molecule has 2 aromatic rings. The van der Waals surface area contributed by atoms with Crippen molar-refractivity contribution in [1.29, 1.82) is 5.26 Å². The van der Waals surface area contributed by atoms with Gasteiger partial charge in [-0.05, 0) is 52.0 Å². The number of nitrogens with zero attached hydrogens (tertiary/aromatic N) is 5. The Morgan fingerprint density at radius 2 is 2.09 bits per heavy atom. The van der Waals surface area contributed by atoms with Crippen molar-refractivity contribution in [2.75, 3.05) is 18.4 Å². The van der Waals surface area contributed by atoms with Crippen LogP contribution in [0.1, 0.15) is 57.6 Å². The van der Waals surface area contributed by atoms with Gasteiger partial charge in [0.25, 0.3) is 5.56 Å². The highest BCUT2D eigenvalue weighted by atomic mass is 32.2. The lowest BCUT2D eigenvalue weighted by Gasteiger charge is -2.33. The van der Waals surface area contributed by atoms with Crippen molar-refractivity contribution >= 4 is 27.0 Å². The molecule has 2 fully saturated rings. The molecule has 0 radical (unpaired) electrons. The summed E-state index contributed by atoms with van der Waals surface area (Å²) in [5.74, 6) is 0.323. The summed E-state index contributed by atoms with van der Waals surface area (Å²) >= 11 is 0. The number of nitrogens with one attached hydrogen (secondary N) is 1. The van der Waals surface area contributed by atoms with Crippen molar-refractivity contribution in [2.24, 2.45) is 0 Å². The van der Waals surface area contributed by atoms with E-state index >= 15 is 0 Å². The molecular weight excluding hydrogens is 456 g/mol. The van der Waals surface area contributed by atoms with Crippen LogP contribution in [0.4, 0.5) is 5.95 Å². The van der Waals surface area contributed by atoms with E-state index in [1.165, 1.54) is 21.0 Å². The summed E-state index contributed by atoms with van der Waals surface area (Å²) in [4.78, 5) is 22.0. The zero-order valence-electron chi connectivity index (χ0n) is 19.4. The van der Waals surface area contributed by atoms with E-state index in [1.807, 2.05) is 6.07 Å². The van der Waals surface area contributed by atoms with Crippen LogP contribution in [0.15, 0.2) is 29.7 Å². The maximum atomic E-state index is 13.1. The molecule has 0 bridgehead atoms. The van der Waals surface area contributed by atoms with Crippen molar-refractivity contribution in [3.05, 3.63) is 40.8 Å². The van der Waals surface area contributed by atoms with Crippen LogP contribution >= 0.6 is 0 Å². The lowest BCUT2D eigenvalue weighted by Crippen LogP contribution is -2.45. The third kappa shape index (κ3) is 4.33. The summed E-state index contributed by atoms with van der Waals surface area (Å²) in [7, 11) is -3.41. The average Bonchev–Trinajstić information content (AvgIpc) is 3.16. The molecule has 3 heterocycles. The number of nitriles is 1. The lowest BCUT2D eigenvalue weighted by atomic mass is 9.99. The number of hydrogen-bond donors (Lipinski definition) is 2. The van der Waals surface area contributed by atoms with Gasteiger partial charge in [0.15, 0.2) is 0 Å². The maximum absolute atomic E-state index is 13.1. The number of aliphatic hydroxyl groups is 1. The number of aromatic nitrogens is 3. The molecule has 0 aromatic carbocycles. The van der Waals surface area contributed by atoms with Crippen LogP contribution < -0.4 is 10.9 Å². The molecule has 1 saturated carbocycles. The maximum Gasteiger partial charge on any atom is 0.270 e. The monoisotopic (exact) mass is 486 g/mol. The minimum atomic E-state index is -3.41. The highest BCUT2D eigenvalue weighted by Crippen LogP contribution is 2.39. The van der Waals surface area contributed by atoms with Crippen LogP contribution in [0.5, 0.6) is 0 Å². The molecule has 2 aliphatic rings. The van der Waals surface area contributed by atoms with Crippen molar-refractivity contribution in [1.82, 2.24) is 18.8 Å². The van der Waals surface area contributed by atoms with Crippen LogP contribution in [-0.4, -0.2) is 62.3 Å². The molecule has 1 unspecified atom stereocenters. The van der Waals surface area contributed by atoms with Crippen molar-refractivity contribution in [3.8, 4) is 6.07 Å². The van der Waals surface area contributed by atoms with Crippen LogP contribution in [0, 0.1) is 11.3 Å². The van der Waals surface area contributed by atoms with E-state index < -0.39 is 32.5 Å². The first-order chi connectivity index (χ1) is 16.1. The Kier molecular flexibility index (Phi) is 6.50. The van der Waals surface area contributed by atoms with Gasteiger partial charge in [-0.1, -0.05) is 6.08 Å². The van der Waals surface area contributed by atoms with Crippen LogP contribution in [0.25, 0.3) is 11.0 Å². The van der Waals surface area contributed by atoms with E-state index in [0.717, 1.165) is 6.42 Å². The van der Waals surface area contributed by atoms with Crippen molar-refractivity contribution < 1.29 is 13.5 Å². The van der Waals surface area contributed by atoms with Gasteiger partial charge in [-0.2, -0.15) is 10.2 Å². The second-order valence-corrected chi connectivity index (χ2v) is 11.7. The Hall–Kier alpha value is -2.81. The Bertz CT molecular complexity index is 1310. The number of rotatable bonds is 6. The Morgan fingerprint density at radius 1 is 1.38 bits per heavy atom. The molecule has 0 spiro atoms. The van der Waals surface area contributed by atoms with E-state index in [0.29, 0.717) is 55.8 Å². The first-order valence-corrected chi connectivity index (χ1v) is 13.0. The van der Waals surface area contributed by atoms with Gasteiger partial charge in [0.1, 0.15) is 17.3 Å². The molecule has 34 heavy (non-hydrogen) atoms. The van der Waals surface area contributed by atoms with Gasteiger partial charge in [-0.15, -0.1) is 6.58 Å². The zero-order chi connectivity index (χ0) is 24.7. The number of piperidine rings is 1. The second kappa shape index (κ2) is 9.09. The SMILES string of the molecule is C=CC(C)S(=O)(=O)N1CCC(Nc2ncc3cc(C#N)c(=O)n([C@@H]4CCC[C@@]4(C)O)c3n2)CC1. The third-order valence-corrected chi connectivity index (χ3v) is 9.25. The molecule has 4 rings (SSSR count). The predicted molar refractivity (Wildman–Crippen MR) is 129 cm³/mol. The molecule has 2 aromatic heterocycles. The first-order valence-electron chi connectivity index (χ1n) is 11.5. The largest absolute Gasteiger partial charge is 0.388 e. The predicted octanol–water partition coefficient (Wildman–Crippen LogP) is 1.92. The zero-order valence-corrected chi connectivity index (χ0v) is 20.3. The summed E-state index contributed by atoms with van der Waals surface area (Å²) in [6.07, 6.45) is 6.11. The summed E-state index contributed by atoms with van der Waals surface area (Å²) in [5.41, 5.74) is -1.19. The second-order valence-electron chi connectivity index (χ2n) is 9.39. The fourth-order valence-electron chi connectivity index (χ4n) is 4.89. The molecule has 10 nitrogen and oxygen atoms in total. The molecule has 11 heteroatoms. The van der Waals surface area contributed by atoms with Crippen molar-refractivity contribution in [2.45, 2.75) is 68.9 Å². The van der Waals surface area contributed by atoms with Gasteiger partial charge in [0.2, 0.25) is 16.0 Å². The minimum Gasteiger partial charge on any atom is -0.388 e. The normalized spacial score (nSPS) is 25.2. The summed E-state index contributed by atoms with van der Waals surface area (Å²) in [6, 6.07) is 2.90. The van der Waals surface area contributed by atoms with E-state index in [2.05, 4.69) is 21.9 Å². The molecular formula is C23H30N6O4S. The molecule has 0 amide bonds. The van der Waals surface area contributed by atoms with Crippen LogP contribution in [-0.2, 0) is 10.0 Å². The Labute approximate surface area is 199 Å². The lowest BCUT2D eigenvalue weighted by molar-refractivity contribution is 0.0266.